The second-order valence-electron chi connectivity index (χ2n) is 5.57. The predicted octanol–water partition coefficient (Wildman–Crippen LogP) is 2.83. The van der Waals surface area contributed by atoms with Crippen LogP contribution in [0, 0.1) is 6.92 Å². The standard InChI is InChI=1S/C19H22N2O3S/c1-15-7-3-4-8-16(15)11-21(12-19(23)24-2)18(22)14-25-13-17-9-5-6-10-20-17/h3-10H,11-14H2,1-2H3. The zero-order valence-corrected chi connectivity index (χ0v) is 15.3. The molecule has 132 valence electrons. The summed E-state index contributed by atoms with van der Waals surface area (Å²) in [5.41, 5.74) is 3.04. The fourth-order valence-electron chi connectivity index (χ4n) is 2.26. The fourth-order valence-corrected chi connectivity index (χ4v) is 3.10. The number of hydrogen-bond donors (Lipinski definition) is 0. The number of ether oxygens (including phenoxy) is 1. The number of esters is 1. The lowest BCUT2D eigenvalue weighted by Crippen LogP contribution is -2.37. The van der Waals surface area contributed by atoms with Gasteiger partial charge in [-0.3, -0.25) is 14.6 Å². The van der Waals surface area contributed by atoms with Crippen molar-refractivity contribution in [3.05, 3.63) is 65.5 Å². The van der Waals surface area contributed by atoms with Gasteiger partial charge in [-0.1, -0.05) is 30.3 Å². The molecule has 0 saturated heterocycles. The van der Waals surface area contributed by atoms with Gasteiger partial charge in [-0.05, 0) is 30.2 Å². The van der Waals surface area contributed by atoms with Gasteiger partial charge in [0.1, 0.15) is 6.54 Å². The van der Waals surface area contributed by atoms with E-state index in [1.165, 1.54) is 18.9 Å². The SMILES string of the molecule is COC(=O)CN(Cc1ccccc1C)C(=O)CSCc1ccccn1. The van der Waals surface area contributed by atoms with Gasteiger partial charge in [-0.2, -0.15) is 0 Å². The quantitative estimate of drug-likeness (QED) is 0.679. The van der Waals surface area contributed by atoms with Gasteiger partial charge in [-0.25, -0.2) is 0 Å². The third kappa shape index (κ3) is 6.23. The number of hydrogen-bond acceptors (Lipinski definition) is 5. The van der Waals surface area contributed by atoms with E-state index in [2.05, 4.69) is 4.98 Å². The first-order valence-electron chi connectivity index (χ1n) is 7.97. The number of benzene rings is 1. The summed E-state index contributed by atoms with van der Waals surface area (Å²) in [6, 6.07) is 13.6. The minimum Gasteiger partial charge on any atom is -0.468 e. The van der Waals surface area contributed by atoms with Gasteiger partial charge < -0.3 is 9.64 Å². The van der Waals surface area contributed by atoms with E-state index >= 15 is 0 Å². The zero-order chi connectivity index (χ0) is 18.1. The molecule has 0 unspecified atom stereocenters. The van der Waals surface area contributed by atoms with E-state index in [1.807, 2.05) is 49.4 Å². The maximum Gasteiger partial charge on any atom is 0.325 e. The smallest absolute Gasteiger partial charge is 0.325 e. The summed E-state index contributed by atoms with van der Waals surface area (Å²) in [5.74, 6) is 0.439. The second-order valence-corrected chi connectivity index (χ2v) is 6.55. The Bertz CT molecular complexity index is 707. The van der Waals surface area contributed by atoms with Gasteiger partial charge in [-0.15, -0.1) is 11.8 Å². The first kappa shape index (κ1) is 19.0. The van der Waals surface area contributed by atoms with E-state index in [4.69, 9.17) is 4.74 Å². The Hall–Kier alpha value is -2.34. The summed E-state index contributed by atoms with van der Waals surface area (Å²) in [4.78, 5) is 30.0. The molecule has 1 aromatic carbocycles. The lowest BCUT2D eigenvalue weighted by atomic mass is 10.1. The number of pyridine rings is 1. The van der Waals surface area contributed by atoms with Gasteiger partial charge in [0.2, 0.25) is 5.91 Å². The molecule has 0 bridgehead atoms. The molecule has 2 rings (SSSR count). The van der Waals surface area contributed by atoms with Crippen LogP contribution in [0.1, 0.15) is 16.8 Å². The molecular weight excluding hydrogens is 336 g/mol. The van der Waals surface area contributed by atoms with Crippen molar-refractivity contribution >= 4 is 23.6 Å². The molecule has 0 atom stereocenters. The Morgan fingerprint density at radius 3 is 2.60 bits per heavy atom. The molecule has 1 amide bonds. The predicted molar refractivity (Wildman–Crippen MR) is 99.0 cm³/mol. The molecule has 1 aromatic heterocycles. The van der Waals surface area contributed by atoms with E-state index in [-0.39, 0.29) is 12.5 Å². The van der Waals surface area contributed by atoms with Crippen LogP contribution < -0.4 is 0 Å². The number of nitrogens with zero attached hydrogens (tertiary/aromatic N) is 2. The Kier molecular flexibility index (Phi) is 7.47. The molecule has 0 aliphatic heterocycles. The maximum atomic E-state index is 12.6. The first-order valence-corrected chi connectivity index (χ1v) is 9.12. The highest BCUT2D eigenvalue weighted by Gasteiger charge is 2.18. The number of aryl methyl sites for hydroxylation is 1. The normalized spacial score (nSPS) is 10.3. The number of amides is 1. The fraction of sp³-hybridized carbons (Fsp3) is 0.316. The summed E-state index contributed by atoms with van der Waals surface area (Å²) in [5, 5.41) is 0. The van der Waals surface area contributed by atoms with E-state index in [9.17, 15) is 9.59 Å². The summed E-state index contributed by atoms with van der Waals surface area (Å²) >= 11 is 1.49. The van der Waals surface area contributed by atoms with Crippen molar-refractivity contribution < 1.29 is 14.3 Å². The molecule has 2 aromatic rings. The molecule has 0 N–H and O–H groups in total. The lowest BCUT2D eigenvalue weighted by Gasteiger charge is -2.22. The van der Waals surface area contributed by atoms with Crippen LogP contribution in [0.3, 0.4) is 0 Å². The van der Waals surface area contributed by atoms with Gasteiger partial charge >= 0.3 is 5.97 Å². The molecule has 1 heterocycles. The number of thioether (sulfide) groups is 1. The third-order valence-electron chi connectivity index (χ3n) is 3.72. The molecule has 0 saturated carbocycles. The Morgan fingerprint density at radius 1 is 1.16 bits per heavy atom. The van der Waals surface area contributed by atoms with E-state index in [0.717, 1.165) is 16.8 Å². The van der Waals surface area contributed by atoms with Crippen molar-refractivity contribution in [2.45, 2.75) is 19.2 Å². The van der Waals surface area contributed by atoms with Crippen LogP contribution in [0.15, 0.2) is 48.7 Å². The summed E-state index contributed by atoms with van der Waals surface area (Å²) in [6.07, 6.45) is 1.74. The average molecular weight is 358 g/mol. The van der Waals surface area contributed by atoms with Crippen molar-refractivity contribution in [2.24, 2.45) is 0 Å². The van der Waals surface area contributed by atoms with Crippen LogP contribution in [-0.2, 0) is 26.6 Å². The van der Waals surface area contributed by atoms with Gasteiger partial charge in [0.15, 0.2) is 0 Å². The Morgan fingerprint density at radius 2 is 1.92 bits per heavy atom. The van der Waals surface area contributed by atoms with E-state index < -0.39 is 5.97 Å². The number of aromatic nitrogens is 1. The van der Waals surface area contributed by atoms with Crippen molar-refractivity contribution in [1.29, 1.82) is 0 Å². The minimum absolute atomic E-state index is 0.0478. The highest BCUT2D eigenvalue weighted by atomic mass is 32.2. The van der Waals surface area contributed by atoms with Gasteiger partial charge in [0, 0.05) is 18.5 Å². The van der Waals surface area contributed by atoms with Gasteiger partial charge in [0.05, 0.1) is 18.6 Å². The molecule has 0 aliphatic rings. The van der Waals surface area contributed by atoms with Crippen LogP contribution in [0.4, 0.5) is 0 Å². The number of rotatable bonds is 8. The van der Waals surface area contributed by atoms with Gasteiger partial charge in [0.25, 0.3) is 0 Å². The molecular formula is C19H22N2O3S. The largest absolute Gasteiger partial charge is 0.468 e. The first-order chi connectivity index (χ1) is 12.1. The van der Waals surface area contributed by atoms with Crippen LogP contribution >= 0.6 is 11.8 Å². The molecule has 25 heavy (non-hydrogen) atoms. The molecule has 0 fully saturated rings. The molecule has 0 aliphatic carbocycles. The number of carbonyl (C=O) groups excluding carboxylic acids is 2. The molecule has 6 heteroatoms. The molecule has 5 nitrogen and oxygen atoms in total. The van der Waals surface area contributed by atoms with E-state index in [1.54, 1.807) is 11.1 Å². The van der Waals surface area contributed by atoms with Crippen molar-refractivity contribution in [2.75, 3.05) is 19.4 Å². The topological polar surface area (TPSA) is 59.5 Å². The van der Waals surface area contributed by atoms with Crippen LogP contribution in [0.25, 0.3) is 0 Å². The van der Waals surface area contributed by atoms with Crippen molar-refractivity contribution in [3.8, 4) is 0 Å². The number of methoxy groups -OCH3 is 1. The van der Waals surface area contributed by atoms with Crippen LogP contribution in [0.5, 0.6) is 0 Å². The van der Waals surface area contributed by atoms with Crippen molar-refractivity contribution in [1.82, 2.24) is 9.88 Å². The third-order valence-corrected chi connectivity index (χ3v) is 4.68. The number of carbonyl (C=O) groups is 2. The Balaban J connectivity index is 1.97. The summed E-state index contributed by atoms with van der Waals surface area (Å²) in [7, 11) is 1.33. The minimum atomic E-state index is -0.420. The van der Waals surface area contributed by atoms with Crippen molar-refractivity contribution in [3.63, 3.8) is 0 Å². The van der Waals surface area contributed by atoms with Crippen LogP contribution in [-0.4, -0.2) is 41.2 Å². The van der Waals surface area contributed by atoms with E-state index in [0.29, 0.717) is 18.1 Å². The maximum absolute atomic E-state index is 12.6. The highest BCUT2D eigenvalue weighted by Crippen LogP contribution is 2.14. The highest BCUT2D eigenvalue weighted by molar-refractivity contribution is 7.99. The summed E-state index contributed by atoms with van der Waals surface area (Å²) < 4.78 is 4.72. The summed E-state index contributed by atoms with van der Waals surface area (Å²) in [6.45, 7) is 2.34. The monoisotopic (exact) mass is 358 g/mol. The molecule has 0 spiro atoms. The van der Waals surface area contributed by atoms with Crippen LogP contribution in [0.2, 0.25) is 0 Å². The molecule has 0 radical (unpaired) electrons. The average Bonchev–Trinajstić information content (AvgIpc) is 2.63. The zero-order valence-electron chi connectivity index (χ0n) is 14.5. The second kappa shape index (κ2) is 9.84. The Labute approximate surface area is 152 Å². The lowest BCUT2D eigenvalue weighted by molar-refractivity contribution is -0.146.